The standard InChI is InChI=1S/C24H23Cl2NO7/c1-31-10-3-9-27-23(29)18-12-15-5-7-17(14-21(15)34-24(18)30)33-22(28)4-2-11-32-20-8-6-16(25)13-19(20)26/h5-8,12-14H,2-4,9-11H2,1H3,(H,27,29). The van der Waals surface area contributed by atoms with Crippen LogP contribution in [0, 0.1) is 0 Å². The highest BCUT2D eigenvalue weighted by Crippen LogP contribution is 2.27. The molecule has 1 N–H and O–H groups in total. The molecule has 0 unspecified atom stereocenters. The second-order valence-electron chi connectivity index (χ2n) is 7.25. The smallest absolute Gasteiger partial charge is 0.349 e. The number of halogens is 2. The van der Waals surface area contributed by atoms with Crippen LogP contribution < -0.4 is 20.4 Å². The SMILES string of the molecule is COCCCNC(=O)c1cc2ccc(OC(=O)CCCOc3ccc(Cl)cc3Cl)cc2oc1=O. The van der Waals surface area contributed by atoms with Gasteiger partial charge in [-0.3, -0.25) is 9.59 Å². The summed E-state index contributed by atoms with van der Waals surface area (Å²) in [5.74, 6) is -0.296. The van der Waals surface area contributed by atoms with Crippen LogP contribution in [0.1, 0.15) is 29.6 Å². The first-order valence-corrected chi connectivity index (χ1v) is 11.3. The summed E-state index contributed by atoms with van der Waals surface area (Å²) in [7, 11) is 1.57. The summed E-state index contributed by atoms with van der Waals surface area (Å²) in [5.41, 5.74) is -0.680. The van der Waals surface area contributed by atoms with E-state index in [2.05, 4.69) is 5.32 Å². The zero-order chi connectivity index (χ0) is 24.5. The molecule has 34 heavy (non-hydrogen) atoms. The van der Waals surface area contributed by atoms with E-state index < -0.39 is 17.5 Å². The minimum Gasteiger partial charge on any atom is -0.492 e. The van der Waals surface area contributed by atoms with Crippen molar-refractivity contribution in [2.24, 2.45) is 0 Å². The summed E-state index contributed by atoms with van der Waals surface area (Å²) < 4.78 is 21.0. The minimum absolute atomic E-state index is 0.101. The van der Waals surface area contributed by atoms with E-state index in [0.717, 1.165) is 0 Å². The molecule has 1 amide bonds. The second kappa shape index (κ2) is 12.4. The van der Waals surface area contributed by atoms with Gasteiger partial charge in [-0.05, 0) is 49.2 Å². The van der Waals surface area contributed by atoms with E-state index in [9.17, 15) is 14.4 Å². The molecule has 0 saturated heterocycles. The number of hydrogen-bond donors (Lipinski definition) is 1. The maximum atomic E-state index is 12.2. The lowest BCUT2D eigenvalue weighted by Crippen LogP contribution is -2.29. The van der Waals surface area contributed by atoms with Crippen LogP contribution in [0.5, 0.6) is 11.5 Å². The van der Waals surface area contributed by atoms with Crippen molar-refractivity contribution in [2.75, 3.05) is 26.9 Å². The van der Waals surface area contributed by atoms with E-state index in [1.807, 2.05) is 0 Å². The molecule has 1 heterocycles. The van der Waals surface area contributed by atoms with E-state index in [0.29, 0.717) is 47.2 Å². The van der Waals surface area contributed by atoms with Gasteiger partial charge >= 0.3 is 11.6 Å². The zero-order valence-electron chi connectivity index (χ0n) is 18.4. The Morgan fingerprint density at radius 2 is 1.85 bits per heavy atom. The van der Waals surface area contributed by atoms with Gasteiger partial charge < -0.3 is 23.9 Å². The Hall–Kier alpha value is -3.07. The topological polar surface area (TPSA) is 104 Å². The van der Waals surface area contributed by atoms with Crippen LogP contribution in [0.2, 0.25) is 10.0 Å². The molecule has 0 atom stereocenters. The first-order chi connectivity index (χ1) is 16.4. The van der Waals surface area contributed by atoms with Crippen LogP contribution in [0.3, 0.4) is 0 Å². The van der Waals surface area contributed by atoms with Crippen molar-refractivity contribution < 1.29 is 28.2 Å². The molecule has 2 aromatic carbocycles. The molecule has 10 heteroatoms. The zero-order valence-corrected chi connectivity index (χ0v) is 19.9. The normalized spacial score (nSPS) is 10.8. The molecule has 0 aliphatic heterocycles. The second-order valence-corrected chi connectivity index (χ2v) is 8.09. The molecule has 180 valence electrons. The molecule has 0 aliphatic rings. The average Bonchev–Trinajstić information content (AvgIpc) is 2.80. The molecule has 3 aromatic rings. The van der Waals surface area contributed by atoms with Gasteiger partial charge in [0.15, 0.2) is 0 Å². The Balaban J connectivity index is 1.54. The highest BCUT2D eigenvalue weighted by atomic mass is 35.5. The van der Waals surface area contributed by atoms with Gasteiger partial charge in [0.05, 0.1) is 11.6 Å². The molecule has 0 fully saturated rings. The number of nitrogens with one attached hydrogen (secondary N) is 1. The molecule has 0 radical (unpaired) electrons. The third-order valence-electron chi connectivity index (χ3n) is 4.67. The largest absolute Gasteiger partial charge is 0.492 e. The van der Waals surface area contributed by atoms with E-state index in [1.165, 1.54) is 12.1 Å². The van der Waals surface area contributed by atoms with Crippen LogP contribution in [0.4, 0.5) is 0 Å². The fourth-order valence-corrected chi connectivity index (χ4v) is 3.46. The number of fused-ring (bicyclic) bond motifs is 1. The van der Waals surface area contributed by atoms with Gasteiger partial charge in [0.25, 0.3) is 5.91 Å². The maximum absolute atomic E-state index is 12.2. The number of methoxy groups -OCH3 is 1. The molecular weight excluding hydrogens is 485 g/mol. The van der Waals surface area contributed by atoms with Gasteiger partial charge in [0.2, 0.25) is 0 Å². The van der Waals surface area contributed by atoms with E-state index in [4.69, 9.17) is 41.8 Å². The van der Waals surface area contributed by atoms with Gasteiger partial charge in [0, 0.05) is 43.2 Å². The van der Waals surface area contributed by atoms with Gasteiger partial charge in [-0.15, -0.1) is 0 Å². The van der Waals surface area contributed by atoms with Gasteiger partial charge in [-0.2, -0.15) is 0 Å². The Bertz CT molecular complexity index is 1230. The summed E-state index contributed by atoms with van der Waals surface area (Å²) in [6, 6.07) is 10.9. The molecule has 3 rings (SSSR count). The van der Waals surface area contributed by atoms with Crippen molar-refractivity contribution in [3.63, 3.8) is 0 Å². The lowest BCUT2D eigenvalue weighted by molar-refractivity contribution is -0.134. The Morgan fingerprint density at radius 3 is 2.62 bits per heavy atom. The average molecular weight is 508 g/mol. The number of esters is 1. The first kappa shape index (κ1) is 25.6. The number of amides is 1. The minimum atomic E-state index is -0.779. The monoisotopic (exact) mass is 507 g/mol. The van der Waals surface area contributed by atoms with Crippen molar-refractivity contribution in [3.8, 4) is 11.5 Å². The number of ether oxygens (including phenoxy) is 3. The lowest BCUT2D eigenvalue weighted by Gasteiger charge is -2.09. The molecular formula is C24H23Cl2NO7. The lowest BCUT2D eigenvalue weighted by atomic mass is 10.1. The van der Waals surface area contributed by atoms with Gasteiger partial charge in [-0.1, -0.05) is 23.2 Å². The van der Waals surface area contributed by atoms with Crippen molar-refractivity contribution in [2.45, 2.75) is 19.3 Å². The van der Waals surface area contributed by atoms with Crippen LogP contribution in [0.25, 0.3) is 11.0 Å². The molecule has 0 saturated carbocycles. The summed E-state index contributed by atoms with van der Waals surface area (Å²) in [6.45, 7) is 1.13. The number of rotatable bonds is 11. The first-order valence-electron chi connectivity index (χ1n) is 10.5. The van der Waals surface area contributed by atoms with Crippen LogP contribution >= 0.6 is 23.2 Å². The summed E-state index contributed by atoms with van der Waals surface area (Å²) in [4.78, 5) is 36.6. The molecule has 0 spiro atoms. The van der Waals surface area contributed by atoms with Crippen molar-refractivity contribution in [1.29, 1.82) is 0 Å². The highest BCUT2D eigenvalue weighted by molar-refractivity contribution is 6.35. The number of hydrogen-bond acceptors (Lipinski definition) is 7. The Labute approximate surface area is 205 Å². The molecule has 0 aliphatic carbocycles. The fourth-order valence-electron chi connectivity index (χ4n) is 3.00. The van der Waals surface area contributed by atoms with Crippen molar-refractivity contribution >= 4 is 46.0 Å². The number of benzene rings is 2. The summed E-state index contributed by atoms with van der Waals surface area (Å²) >= 11 is 11.9. The summed E-state index contributed by atoms with van der Waals surface area (Å²) in [5, 5.41) is 4.06. The Morgan fingerprint density at radius 1 is 1.03 bits per heavy atom. The highest BCUT2D eigenvalue weighted by Gasteiger charge is 2.14. The van der Waals surface area contributed by atoms with Crippen LogP contribution in [-0.2, 0) is 9.53 Å². The van der Waals surface area contributed by atoms with E-state index in [-0.39, 0.29) is 29.9 Å². The van der Waals surface area contributed by atoms with Crippen LogP contribution in [-0.4, -0.2) is 38.7 Å². The predicted molar refractivity (Wildman–Crippen MR) is 128 cm³/mol. The van der Waals surface area contributed by atoms with Gasteiger partial charge in [-0.25, -0.2) is 4.79 Å². The number of carbonyl (C=O) groups excluding carboxylic acids is 2. The number of carbonyl (C=O) groups is 2. The maximum Gasteiger partial charge on any atom is 0.349 e. The molecule has 8 nitrogen and oxygen atoms in total. The molecule has 0 bridgehead atoms. The predicted octanol–water partition coefficient (Wildman–Crippen LogP) is 4.63. The fraction of sp³-hybridized carbons (Fsp3) is 0.292. The van der Waals surface area contributed by atoms with Crippen molar-refractivity contribution in [3.05, 3.63) is 68.5 Å². The van der Waals surface area contributed by atoms with E-state index in [1.54, 1.807) is 37.4 Å². The summed E-state index contributed by atoms with van der Waals surface area (Å²) in [6.07, 6.45) is 1.13. The Kier molecular flexibility index (Phi) is 9.33. The van der Waals surface area contributed by atoms with E-state index >= 15 is 0 Å². The van der Waals surface area contributed by atoms with Gasteiger partial charge in [0.1, 0.15) is 22.6 Å². The molecule has 1 aromatic heterocycles. The third kappa shape index (κ3) is 7.21. The van der Waals surface area contributed by atoms with Crippen LogP contribution in [0.15, 0.2) is 51.7 Å². The van der Waals surface area contributed by atoms with Crippen molar-refractivity contribution in [1.82, 2.24) is 5.32 Å². The third-order valence-corrected chi connectivity index (χ3v) is 5.20. The quantitative estimate of drug-likeness (QED) is 0.174.